The summed E-state index contributed by atoms with van der Waals surface area (Å²) in [5, 5.41) is 3.48. The van der Waals surface area contributed by atoms with Gasteiger partial charge in [0.1, 0.15) is 0 Å². The molecule has 1 unspecified atom stereocenters. The van der Waals surface area contributed by atoms with E-state index in [2.05, 4.69) is 26.1 Å². The zero-order valence-electron chi connectivity index (χ0n) is 13.3. The van der Waals surface area contributed by atoms with Crippen molar-refractivity contribution in [3.63, 3.8) is 0 Å². The zero-order valence-corrected chi connectivity index (χ0v) is 15.7. The number of rotatable bonds is 3. The number of carbonyl (C=O) groups is 1. The molecule has 0 aromatic heterocycles. The lowest BCUT2D eigenvalue weighted by Crippen LogP contribution is -2.50. The highest BCUT2D eigenvalue weighted by Crippen LogP contribution is 2.16. The Balaban J connectivity index is 0.00000192. The molecule has 1 aromatic rings. The maximum atomic E-state index is 12.5. The number of piperidine rings is 1. The lowest BCUT2D eigenvalue weighted by atomic mass is 9.99. The number of hydrogen-bond donors (Lipinski definition) is 1. The van der Waals surface area contributed by atoms with E-state index < -0.39 is 0 Å². The molecule has 23 heavy (non-hydrogen) atoms. The molecule has 1 atom stereocenters. The Labute approximate surface area is 153 Å². The fourth-order valence-corrected chi connectivity index (χ4v) is 3.62. The van der Waals surface area contributed by atoms with Crippen molar-refractivity contribution in [2.75, 3.05) is 45.8 Å². The maximum Gasteiger partial charge on any atom is 0.253 e. The van der Waals surface area contributed by atoms with Crippen LogP contribution in [0.25, 0.3) is 0 Å². The van der Waals surface area contributed by atoms with Gasteiger partial charge in [-0.1, -0.05) is 15.9 Å². The van der Waals surface area contributed by atoms with E-state index in [1.807, 2.05) is 29.2 Å². The molecular weight excluding hydrogens is 378 g/mol. The van der Waals surface area contributed by atoms with Crippen molar-refractivity contribution in [3.8, 4) is 0 Å². The molecule has 2 aliphatic heterocycles. The summed E-state index contributed by atoms with van der Waals surface area (Å²) in [6.45, 7) is 7.18. The molecule has 2 heterocycles. The van der Waals surface area contributed by atoms with E-state index in [1.165, 1.54) is 25.9 Å². The molecule has 2 saturated heterocycles. The van der Waals surface area contributed by atoms with Crippen LogP contribution in [0, 0.1) is 5.92 Å². The Bertz CT molecular complexity index is 497. The third-order valence-electron chi connectivity index (χ3n) is 4.67. The largest absolute Gasteiger partial charge is 0.336 e. The van der Waals surface area contributed by atoms with Gasteiger partial charge < -0.3 is 10.2 Å². The Morgan fingerprint density at radius 3 is 2.48 bits per heavy atom. The maximum absolute atomic E-state index is 12.5. The van der Waals surface area contributed by atoms with Crippen LogP contribution >= 0.6 is 28.3 Å². The Kier molecular flexibility index (Phi) is 7.34. The van der Waals surface area contributed by atoms with Gasteiger partial charge in [0.15, 0.2) is 0 Å². The molecule has 3 rings (SSSR count). The summed E-state index contributed by atoms with van der Waals surface area (Å²) in [6.07, 6.45) is 2.64. The van der Waals surface area contributed by atoms with E-state index in [1.54, 1.807) is 0 Å². The monoisotopic (exact) mass is 401 g/mol. The van der Waals surface area contributed by atoms with E-state index in [4.69, 9.17) is 0 Å². The molecule has 0 bridgehead atoms. The summed E-state index contributed by atoms with van der Waals surface area (Å²) in [5.41, 5.74) is 0.785. The Morgan fingerprint density at radius 2 is 1.87 bits per heavy atom. The third-order valence-corrected chi connectivity index (χ3v) is 5.19. The van der Waals surface area contributed by atoms with Crippen molar-refractivity contribution in [1.82, 2.24) is 15.1 Å². The molecule has 4 nitrogen and oxygen atoms in total. The molecule has 0 saturated carbocycles. The molecule has 1 amide bonds. The lowest BCUT2D eigenvalue weighted by Gasteiger charge is -2.37. The van der Waals surface area contributed by atoms with Gasteiger partial charge >= 0.3 is 0 Å². The molecular formula is C17H25BrClN3O. The number of nitrogens with zero attached hydrogens (tertiary/aromatic N) is 2. The van der Waals surface area contributed by atoms with Crippen molar-refractivity contribution >= 4 is 34.2 Å². The lowest BCUT2D eigenvalue weighted by molar-refractivity contribution is 0.0610. The van der Waals surface area contributed by atoms with Gasteiger partial charge in [-0.2, -0.15) is 0 Å². The number of benzene rings is 1. The van der Waals surface area contributed by atoms with Gasteiger partial charge in [-0.15, -0.1) is 12.4 Å². The molecule has 6 heteroatoms. The van der Waals surface area contributed by atoms with E-state index >= 15 is 0 Å². The predicted octanol–water partition coefficient (Wildman–Crippen LogP) is 2.63. The first-order chi connectivity index (χ1) is 10.7. The van der Waals surface area contributed by atoms with Gasteiger partial charge in [-0.25, -0.2) is 0 Å². The summed E-state index contributed by atoms with van der Waals surface area (Å²) in [4.78, 5) is 17.0. The predicted molar refractivity (Wildman–Crippen MR) is 99.3 cm³/mol. The van der Waals surface area contributed by atoms with Crippen LogP contribution in [0.4, 0.5) is 0 Å². The molecule has 2 aliphatic rings. The summed E-state index contributed by atoms with van der Waals surface area (Å²) >= 11 is 3.41. The van der Waals surface area contributed by atoms with E-state index in [0.717, 1.165) is 48.7 Å². The van der Waals surface area contributed by atoms with E-state index in [9.17, 15) is 4.79 Å². The van der Waals surface area contributed by atoms with Crippen LogP contribution in [-0.2, 0) is 0 Å². The highest BCUT2D eigenvalue weighted by atomic mass is 79.9. The van der Waals surface area contributed by atoms with Crippen molar-refractivity contribution in [2.24, 2.45) is 5.92 Å². The molecule has 0 spiro atoms. The zero-order chi connectivity index (χ0) is 15.4. The van der Waals surface area contributed by atoms with E-state index in [-0.39, 0.29) is 18.3 Å². The molecule has 128 valence electrons. The van der Waals surface area contributed by atoms with Crippen LogP contribution in [0.3, 0.4) is 0 Å². The van der Waals surface area contributed by atoms with Gasteiger partial charge in [-0.3, -0.25) is 9.69 Å². The van der Waals surface area contributed by atoms with Gasteiger partial charge in [-0.05, 0) is 56.1 Å². The topological polar surface area (TPSA) is 35.6 Å². The second-order valence-electron chi connectivity index (χ2n) is 6.31. The molecule has 1 N–H and O–H groups in total. The van der Waals surface area contributed by atoms with Crippen molar-refractivity contribution in [2.45, 2.75) is 12.8 Å². The Hall–Kier alpha value is -0.620. The van der Waals surface area contributed by atoms with Gasteiger partial charge in [0.2, 0.25) is 0 Å². The third kappa shape index (κ3) is 5.18. The normalized spacial score (nSPS) is 22.5. The molecule has 0 aliphatic carbocycles. The van der Waals surface area contributed by atoms with E-state index in [0.29, 0.717) is 0 Å². The van der Waals surface area contributed by atoms with Crippen LogP contribution < -0.4 is 5.32 Å². The van der Waals surface area contributed by atoms with Gasteiger partial charge in [0, 0.05) is 42.8 Å². The van der Waals surface area contributed by atoms with Gasteiger partial charge in [0.25, 0.3) is 5.91 Å². The minimum Gasteiger partial charge on any atom is -0.336 e. The van der Waals surface area contributed by atoms with Crippen LogP contribution in [-0.4, -0.2) is 61.5 Å². The number of hydrogen-bond acceptors (Lipinski definition) is 3. The fourth-order valence-electron chi connectivity index (χ4n) is 3.35. The molecule has 0 radical (unpaired) electrons. The van der Waals surface area contributed by atoms with Crippen LogP contribution in [0.5, 0.6) is 0 Å². The average Bonchev–Trinajstić information content (AvgIpc) is 2.57. The van der Waals surface area contributed by atoms with Crippen LogP contribution in [0.15, 0.2) is 28.7 Å². The fraction of sp³-hybridized carbons (Fsp3) is 0.588. The number of nitrogens with one attached hydrogen (secondary N) is 1. The number of carbonyl (C=O) groups excluding carboxylic acids is 1. The quantitative estimate of drug-likeness (QED) is 0.844. The van der Waals surface area contributed by atoms with Crippen molar-refractivity contribution in [1.29, 1.82) is 0 Å². The van der Waals surface area contributed by atoms with Crippen LogP contribution in [0.2, 0.25) is 0 Å². The number of amides is 1. The average molecular weight is 403 g/mol. The van der Waals surface area contributed by atoms with Crippen molar-refractivity contribution in [3.05, 3.63) is 34.3 Å². The second-order valence-corrected chi connectivity index (χ2v) is 7.23. The number of halogens is 2. The van der Waals surface area contributed by atoms with Gasteiger partial charge in [0.05, 0.1) is 0 Å². The second kappa shape index (κ2) is 9.02. The standard InChI is InChI=1S/C17H24BrN3O.ClH/c18-16-5-3-15(4-6-16)17(22)21-10-8-20(9-11-21)13-14-2-1-7-19-12-14;/h3-6,14,19H,1-2,7-13H2;1H. The summed E-state index contributed by atoms with van der Waals surface area (Å²) in [5.74, 6) is 0.939. The summed E-state index contributed by atoms with van der Waals surface area (Å²) in [7, 11) is 0. The molecule has 2 fully saturated rings. The minimum absolute atomic E-state index is 0. The minimum atomic E-state index is 0. The summed E-state index contributed by atoms with van der Waals surface area (Å²) < 4.78 is 1.01. The van der Waals surface area contributed by atoms with Crippen molar-refractivity contribution < 1.29 is 4.79 Å². The first kappa shape index (κ1) is 18.7. The highest BCUT2D eigenvalue weighted by Gasteiger charge is 2.24. The SMILES string of the molecule is Cl.O=C(c1ccc(Br)cc1)N1CCN(CC2CCCNC2)CC1. The first-order valence-electron chi connectivity index (χ1n) is 8.20. The first-order valence-corrected chi connectivity index (χ1v) is 8.99. The smallest absolute Gasteiger partial charge is 0.253 e. The summed E-state index contributed by atoms with van der Waals surface area (Å²) in [6, 6.07) is 7.65. The number of piperazine rings is 1. The van der Waals surface area contributed by atoms with Crippen LogP contribution in [0.1, 0.15) is 23.2 Å². The Morgan fingerprint density at radius 1 is 1.17 bits per heavy atom. The molecule has 1 aromatic carbocycles. The highest BCUT2D eigenvalue weighted by molar-refractivity contribution is 9.10.